The molecule has 0 spiro atoms. The molecule has 0 radical (unpaired) electrons. The van der Waals surface area contributed by atoms with Crippen LogP contribution in [0.25, 0.3) is 21.8 Å². The molecule has 2 aliphatic heterocycles. The minimum Gasteiger partial charge on any atom is -0.456 e. The first-order valence-electron chi connectivity index (χ1n) is 14.1. The molecule has 4 aromatic rings. The lowest BCUT2D eigenvalue weighted by Crippen LogP contribution is -2.48. The number of carbonyl (C=O) groups is 1. The molecule has 2 fully saturated rings. The second kappa shape index (κ2) is 12.3. The van der Waals surface area contributed by atoms with Crippen LogP contribution in [0.5, 0.6) is 17.6 Å². The molecule has 43 heavy (non-hydrogen) atoms. The summed E-state index contributed by atoms with van der Waals surface area (Å²) < 4.78 is 33.0. The minimum absolute atomic E-state index is 0.0649. The molecular weight excluding hydrogens is 579 g/mol. The number of aromatic nitrogens is 5. The van der Waals surface area contributed by atoms with Crippen molar-refractivity contribution in [3.05, 3.63) is 48.0 Å². The van der Waals surface area contributed by atoms with Gasteiger partial charge in [0.2, 0.25) is 11.8 Å². The molecule has 226 valence electrons. The van der Waals surface area contributed by atoms with Crippen molar-refractivity contribution >= 4 is 45.1 Å². The van der Waals surface area contributed by atoms with Gasteiger partial charge in [-0.05, 0) is 25.1 Å². The van der Waals surface area contributed by atoms with E-state index in [1.807, 2.05) is 0 Å². The quantitative estimate of drug-likeness (QED) is 0.280. The van der Waals surface area contributed by atoms with E-state index in [1.54, 1.807) is 24.3 Å². The summed E-state index contributed by atoms with van der Waals surface area (Å²) in [6.07, 6.45) is 4.96. The Bertz CT molecular complexity index is 1660. The summed E-state index contributed by atoms with van der Waals surface area (Å²) in [6, 6.07) is 3.18. The van der Waals surface area contributed by atoms with Crippen LogP contribution in [0.4, 0.5) is 10.2 Å². The van der Waals surface area contributed by atoms with E-state index in [9.17, 15) is 9.18 Å². The standard InChI is InChI=1S/C29H32ClFN8O4/c1-4-8-37-15-21(41-3)22(16-37)42-29-34-25-17(27(35-29)39-11-9-38(10-12-39)23(40)5-2)6-7-32-28(25)43-26-18-14-33-36-20(18)13-19(31)24(26)30/h5-7,13-14,21-22H,2,4,8-12,15-16H2,1,3H3,(H,33,36)/t21-,22-/m1/s1. The van der Waals surface area contributed by atoms with E-state index in [0.717, 1.165) is 19.5 Å². The summed E-state index contributed by atoms with van der Waals surface area (Å²) >= 11 is 6.36. The van der Waals surface area contributed by atoms with Crippen molar-refractivity contribution in [1.82, 2.24) is 34.9 Å². The molecule has 12 nitrogen and oxygen atoms in total. The van der Waals surface area contributed by atoms with Gasteiger partial charge in [-0.1, -0.05) is 25.1 Å². The second-order valence-corrected chi connectivity index (χ2v) is 10.9. The highest BCUT2D eigenvalue weighted by Crippen LogP contribution is 2.40. The van der Waals surface area contributed by atoms with E-state index in [1.165, 1.54) is 18.3 Å². The van der Waals surface area contributed by atoms with Crippen LogP contribution < -0.4 is 14.4 Å². The van der Waals surface area contributed by atoms with E-state index in [0.29, 0.717) is 60.3 Å². The first-order chi connectivity index (χ1) is 20.9. The van der Waals surface area contributed by atoms with Gasteiger partial charge in [-0.2, -0.15) is 15.1 Å². The third-order valence-electron chi connectivity index (χ3n) is 7.79. The van der Waals surface area contributed by atoms with Gasteiger partial charge in [0.15, 0.2) is 5.75 Å². The molecule has 0 bridgehead atoms. The number of piperazine rings is 1. The Kier molecular flexibility index (Phi) is 8.28. The molecule has 1 N–H and O–H groups in total. The number of ether oxygens (including phenoxy) is 3. The number of nitrogens with one attached hydrogen (secondary N) is 1. The number of hydrogen-bond acceptors (Lipinski definition) is 10. The molecule has 2 aliphatic rings. The van der Waals surface area contributed by atoms with Gasteiger partial charge in [0.1, 0.15) is 34.4 Å². The van der Waals surface area contributed by atoms with Gasteiger partial charge in [-0.25, -0.2) is 9.37 Å². The van der Waals surface area contributed by atoms with E-state index < -0.39 is 5.82 Å². The minimum atomic E-state index is -0.664. The maximum Gasteiger partial charge on any atom is 0.319 e. The third kappa shape index (κ3) is 5.67. The molecule has 3 aromatic heterocycles. The van der Waals surface area contributed by atoms with Crippen molar-refractivity contribution < 1.29 is 23.4 Å². The lowest BCUT2D eigenvalue weighted by atomic mass is 10.2. The number of H-pyrrole nitrogens is 1. The molecule has 5 heterocycles. The highest BCUT2D eigenvalue weighted by atomic mass is 35.5. The summed E-state index contributed by atoms with van der Waals surface area (Å²) in [5, 5.41) is 7.68. The lowest BCUT2D eigenvalue weighted by Gasteiger charge is -2.35. The van der Waals surface area contributed by atoms with E-state index in [2.05, 4.69) is 38.5 Å². The van der Waals surface area contributed by atoms with Gasteiger partial charge in [-0.15, -0.1) is 0 Å². The van der Waals surface area contributed by atoms with Crippen LogP contribution in [0, 0.1) is 5.82 Å². The fourth-order valence-corrected chi connectivity index (χ4v) is 5.82. The van der Waals surface area contributed by atoms with E-state index in [-0.39, 0.29) is 40.8 Å². The zero-order chi connectivity index (χ0) is 30.1. The van der Waals surface area contributed by atoms with Crippen molar-refractivity contribution in [3.63, 3.8) is 0 Å². The summed E-state index contributed by atoms with van der Waals surface area (Å²) in [6.45, 7) is 10.1. The summed E-state index contributed by atoms with van der Waals surface area (Å²) in [4.78, 5) is 32.3. The number of aromatic amines is 1. The van der Waals surface area contributed by atoms with E-state index in [4.69, 9.17) is 35.8 Å². The number of anilines is 1. The van der Waals surface area contributed by atoms with Crippen LogP contribution in [0.3, 0.4) is 0 Å². The van der Waals surface area contributed by atoms with Crippen molar-refractivity contribution in [2.24, 2.45) is 0 Å². The highest BCUT2D eigenvalue weighted by molar-refractivity contribution is 6.33. The fourth-order valence-electron chi connectivity index (χ4n) is 5.62. The molecule has 14 heteroatoms. The van der Waals surface area contributed by atoms with Crippen LogP contribution in [-0.4, -0.2) is 106 Å². The molecule has 2 atom stereocenters. The molecule has 1 aromatic carbocycles. The van der Waals surface area contributed by atoms with Crippen molar-refractivity contribution in [1.29, 1.82) is 0 Å². The Hall–Kier alpha value is -4.07. The predicted molar refractivity (Wildman–Crippen MR) is 159 cm³/mol. The maximum absolute atomic E-state index is 14.7. The maximum atomic E-state index is 14.7. The third-order valence-corrected chi connectivity index (χ3v) is 8.14. The predicted octanol–water partition coefficient (Wildman–Crippen LogP) is 3.81. The number of carbonyl (C=O) groups excluding carboxylic acids is 1. The number of rotatable bonds is 9. The van der Waals surface area contributed by atoms with Crippen LogP contribution in [0.15, 0.2) is 37.2 Å². The Morgan fingerprint density at radius 2 is 2.00 bits per heavy atom. The van der Waals surface area contributed by atoms with Crippen molar-refractivity contribution in [2.45, 2.75) is 25.6 Å². The van der Waals surface area contributed by atoms with Gasteiger partial charge in [0, 0.05) is 58.6 Å². The lowest BCUT2D eigenvalue weighted by molar-refractivity contribution is -0.126. The number of methoxy groups -OCH3 is 1. The van der Waals surface area contributed by atoms with Crippen LogP contribution in [0.1, 0.15) is 13.3 Å². The summed E-state index contributed by atoms with van der Waals surface area (Å²) in [5.41, 5.74) is 0.785. The fraction of sp³-hybridized carbons (Fsp3) is 0.414. The first-order valence-corrected chi connectivity index (χ1v) is 14.5. The molecule has 0 unspecified atom stereocenters. The average Bonchev–Trinajstić information content (AvgIpc) is 3.65. The highest BCUT2D eigenvalue weighted by Gasteiger charge is 2.35. The van der Waals surface area contributed by atoms with Gasteiger partial charge in [-0.3, -0.25) is 14.8 Å². The number of benzene rings is 1. The van der Waals surface area contributed by atoms with Gasteiger partial charge in [0.05, 0.1) is 22.5 Å². The van der Waals surface area contributed by atoms with Crippen LogP contribution >= 0.6 is 11.6 Å². The number of fused-ring (bicyclic) bond motifs is 2. The normalized spacial score (nSPS) is 19.3. The Morgan fingerprint density at radius 3 is 2.74 bits per heavy atom. The number of pyridine rings is 1. The monoisotopic (exact) mass is 610 g/mol. The van der Waals surface area contributed by atoms with Crippen molar-refractivity contribution in [3.8, 4) is 17.6 Å². The first kappa shape index (κ1) is 29.0. The number of halogens is 2. The van der Waals surface area contributed by atoms with Gasteiger partial charge in [0.25, 0.3) is 0 Å². The Balaban J connectivity index is 1.41. The SMILES string of the molecule is C=CC(=O)N1CCN(c2nc(O[C@@H]3CN(CCC)C[C@H]3OC)nc3c(Oc4c(Cl)c(F)cc5[nH]ncc45)nccc23)CC1. The van der Waals surface area contributed by atoms with Crippen LogP contribution in [-0.2, 0) is 9.53 Å². The largest absolute Gasteiger partial charge is 0.456 e. The zero-order valence-corrected chi connectivity index (χ0v) is 24.7. The van der Waals surface area contributed by atoms with Crippen LogP contribution in [0.2, 0.25) is 5.02 Å². The Labute approximate surface area is 252 Å². The molecule has 2 saturated heterocycles. The molecule has 1 amide bonds. The number of hydrogen-bond donors (Lipinski definition) is 1. The van der Waals surface area contributed by atoms with Gasteiger partial charge >= 0.3 is 6.01 Å². The number of likely N-dealkylation sites (tertiary alicyclic amines) is 1. The second-order valence-electron chi connectivity index (χ2n) is 10.5. The molecule has 6 rings (SSSR count). The topological polar surface area (TPSA) is 122 Å². The smallest absolute Gasteiger partial charge is 0.319 e. The summed E-state index contributed by atoms with van der Waals surface area (Å²) in [7, 11) is 1.67. The van der Waals surface area contributed by atoms with Gasteiger partial charge < -0.3 is 24.0 Å². The van der Waals surface area contributed by atoms with Crippen molar-refractivity contribution in [2.75, 3.05) is 57.8 Å². The Morgan fingerprint density at radius 1 is 1.21 bits per heavy atom. The summed E-state index contributed by atoms with van der Waals surface area (Å²) in [5.74, 6) is -0.00603. The van der Waals surface area contributed by atoms with E-state index >= 15 is 0 Å². The molecule has 0 saturated carbocycles. The zero-order valence-electron chi connectivity index (χ0n) is 23.9. The molecule has 0 aliphatic carbocycles. The number of nitrogens with zero attached hydrogens (tertiary/aromatic N) is 7. The number of amides is 1. The average molecular weight is 611 g/mol. The molecular formula is C29H32ClFN8O4.